The van der Waals surface area contributed by atoms with Crippen LogP contribution in [-0.2, 0) is 4.79 Å². The van der Waals surface area contributed by atoms with Crippen LogP contribution < -0.4 is 5.73 Å². The molecule has 0 aromatic rings. The van der Waals surface area contributed by atoms with E-state index in [2.05, 4.69) is 13.5 Å². The molecule has 0 saturated heterocycles. The Morgan fingerprint density at radius 3 is 2.54 bits per heavy atom. The second-order valence-corrected chi connectivity index (χ2v) is 3.46. The number of unbranched alkanes of at least 4 members (excludes halogenated alkanes) is 2. The van der Waals surface area contributed by atoms with Gasteiger partial charge < -0.3 is 5.73 Å². The quantitative estimate of drug-likeness (QED) is 0.456. The molecule has 0 spiro atoms. The topological polar surface area (TPSA) is 43.1 Å². The van der Waals surface area contributed by atoms with Gasteiger partial charge in [0.1, 0.15) is 0 Å². The molecule has 0 aromatic heterocycles. The number of carbonyl (C=O) groups is 1. The van der Waals surface area contributed by atoms with E-state index in [9.17, 15) is 4.79 Å². The van der Waals surface area contributed by atoms with Crippen LogP contribution in [0.15, 0.2) is 12.7 Å². The van der Waals surface area contributed by atoms with Gasteiger partial charge in [-0.2, -0.15) is 0 Å². The van der Waals surface area contributed by atoms with Gasteiger partial charge in [0, 0.05) is 5.92 Å². The van der Waals surface area contributed by atoms with E-state index in [4.69, 9.17) is 5.73 Å². The fraction of sp³-hybridized carbons (Fsp3) is 0.727. The minimum Gasteiger partial charge on any atom is -0.369 e. The zero-order chi connectivity index (χ0) is 10.1. The van der Waals surface area contributed by atoms with Crippen molar-refractivity contribution in [1.82, 2.24) is 0 Å². The van der Waals surface area contributed by atoms with Gasteiger partial charge in [0.25, 0.3) is 0 Å². The zero-order valence-corrected chi connectivity index (χ0v) is 8.59. The monoisotopic (exact) mass is 183 g/mol. The van der Waals surface area contributed by atoms with Gasteiger partial charge in [-0.05, 0) is 25.7 Å². The van der Waals surface area contributed by atoms with Gasteiger partial charge >= 0.3 is 0 Å². The molecule has 0 radical (unpaired) electrons. The van der Waals surface area contributed by atoms with Gasteiger partial charge in [-0.1, -0.05) is 25.8 Å². The lowest BCUT2D eigenvalue weighted by atomic mass is 9.95. The zero-order valence-electron chi connectivity index (χ0n) is 8.59. The van der Waals surface area contributed by atoms with E-state index in [0.717, 1.165) is 38.5 Å². The molecule has 0 heterocycles. The van der Waals surface area contributed by atoms with Crippen molar-refractivity contribution < 1.29 is 4.79 Å². The molecule has 2 nitrogen and oxygen atoms in total. The lowest BCUT2D eigenvalue weighted by molar-refractivity contribution is -0.122. The minimum absolute atomic E-state index is 0.0832. The normalized spacial score (nSPS) is 12.4. The van der Waals surface area contributed by atoms with Gasteiger partial charge in [-0.3, -0.25) is 4.79 Å². The number of hydrogen-bond acceptors (Lipinski definition) is 1. The van der Waals surface area contributed by atoms with Gasteiger partial charge in [0.15, 0.2) is 0 Å². The maximum atomic E-state index is 11.0. The summed E-state index contributed by atoms with van der Waals surface area (Å²) in [5.74, 6) is -0.0580. The molecule has 2 N–H and O–H groups in total. The maximum Gasteiger partial charge on any atom is 0.220 e. The van der Waals surface area contributed by atoms with Crippen molar-refractivity contribution in [2.75, 3.05) is 0 Å². The predicted molar refractivity (Wildman–Crippen MR) is 56.3 cm³/mol. The molecule has 13 heavy (non-hydrogen) atoms. The molecule has 0 aliphatic carbocycles. The van der Waals surface area contributed by atoms with Crippen molar-refractivity contribution in [3.8, 4) is 0 Å². The smallest absolute Gasteiger partial charge is 0.220 e. The Morgan fingerprint density at radius 2 is 2.08 bits per heavy atom. The number of amides is 1. The average Bonchev–Trinajstić information content (AvgIpc) is 2.10. The van der Waals surface area contributed by atoms with Crippen molar-refractivity contribution in [2.24, 2.45) is 11.7 Å². The van der Waals surface area contributed by atoms with Crippen LogP contribution in [0.4, 0.5) is 0 Å². The molecule has 1 atom stereocenters. The van der Waals surface area contributed by atoms with Crippen LogP contribution in [0, 0.1) is 5.92 Å². The van der Waals surface area contributed by atoms with Gasteiger partial charge in [0.05, 0.1) is 0 Å². The highest BCUT2D eigenvalue weighted by molar-refractivity contribution is 5.76. The van der Waals surface area contributed by atoms with Crippen LogP contribution in [0.25, 0.3) is 0 Å². The van der Waals surface area contributed by atoms with Crippen LogP contribution in [-0.4, -0.2) is 5.91 Å². The van der Waals surface area contributed by atoms with Crippen molar-refractivity contribution >= 4 is 5.91 Å². The average molecular weight is 183 g/mol. The fourth-order valence-corrected chi connectivity index (χ4v) is 1.39. The maximum absolute atomic E-state index is 11.0. The summed E-state index contributed by atoms with van der Waals surface area (Å²) >= 11 is 0. The van der Waals surface area contributed by atoms with Gasteiger partial charge in [-0.15, -0.1) is 6.58 Å². The molecule has 1 amide bonds. The number of hydrogen-bond donors (Lipinski definition) is 1. The summed E-state index contributed by atoms with van der Waals surface area (Å²) in [6, 6.07) is 0. The first-order valence-electron chi connectivity index (χ1n) is 5.12. The van der Waals surface area contributed by atoms with E-state index >= 15 is 0 Å². The first-order chi connectivity index (χ1) is 6.22. The summed E-state index contributed by atoms with van der Waals surface area (Å²) in [5.41, 5.74) is 5.29. The predicted octanol–water partition coefficient (Wildman–Crippen LogP) is 2.63. The second kappa shape index (κ2) is 7.84. The third kappa shape index (κ3) is 6.38. The van der Waals surface area contributed by atoms with Crippen LogP contribution in [0.3, 0.4) is 0 Å². The summed E-state index contributed by atoms with van der Waals surface area (Å²) < 4.78 is 0. The Labute approximate surface area is 81.2 Å². The highest BCUT2D eigenvalue weighted by Crippen LogP contribution is 2.15. The molecule has 2 heteroatoms. The number of nitrogens with two attached hydrogens (primary N) is 1. The molecular weight excluding hydrogens is 162 g/mol. The molecule has 0 fully saturated rings. The van der Waals surface area contributed by atoms with Crippen molar-refractivity contribution in [2.45, 2.75) is 45.4 Å². The number of primary amides is 1. The Balaban J connectivity index is 3.66. The molecule has 0 bridgehead atoms. The molecule has 1 unspecified atom stereocenters. The standard InChI is InChI=1S/C11H21NO/c1-3-5-7-9-10(11(12)13)8-6-4-2/h3,10H,1,4-9H2,2H3,(H2,12,13). The SMILES string of the molecule is C=CCCCC(CCCC)C(N)=O. The van der Waals surface area contributed by atoms with Crippen molar-refractivity contribution in [1.29, 1.82) is 0 Å². The van der Waals surface area contributed by atoms with Crippen molar-refractivity contribution in [3.63, 3.8) is 0 Å². The Morgan fingerprint density at radius 1 is 1.46 bits per heavy atom. The van der Waals surface area contributed by atoms with E-state index < -0.39 is 0 Å². The number of rotatable bonds is 8. The Bertz CT molecular complexity index is 154. The van der Waals surface area contributed by atoms with Gasteiger partial charge in [0.2, 0.25) is 5.91 Å². The van der Waals surface area contributed by atoms with Crippen molar-refractivity contribution in [3.05, 3.63) is 12.7 Å². The van der Waals surface area contributed by atoms with E-state index in [1.165, 1.54) is 0 Å². The lowest BCUT2D eigenvalue weighted by Crippen LogP contribution is -2.23. The van der Waals surface area contributed by atoms with Crippen LogP contribution in [0.5, 0.6) is 0 Å². The molecular formula is C11H21NO. The summed E-state index contributed by atoms with van der Waals surface area (Å²) in [7, 11) is 0. The highest BCUT2D eigenvalue weighted by atomic mass is 16.1. The molecule has 0 aliphatic rings. The summed E-state index contributed by atoms with van der Waals surface area (Å²) in [6.45, 7) is 5.78. The van der Waals surface area contributed by atoms with Crippen LogP contribution in [0.1, 0.15) is 45.4 Å². The van der Waals surface area contributed by atoms with Crippen LogP contribution >= 0.6 is 0 Å². The Kier molecular flexibility index (Phi) is 7.36. The lowest BCUT2D eigenvalue weighted by Gasteiger charge is -2.11. The molecule has 0 aliphatic heterocycles. The number of allylic oxidation sites excluding steroid dienone is 1. The van der Waals surface area contributed by atoms with E-state index in [0.29, 0.717) is 0 Å². The fourth-order valence-electron chi connectivity index (χ4n) is 1.39. The van der Waals surface area contributed by atoms with Crippen LogP contribution in [0.2, 0.25) is 0 Å². The summed E-state index contributed by atoms with van der Waals surface area (Å²) in [6.07, 6.45) is 7.99. The molecule has 76 valence electrons. The summed E-state index contributed by atoms with van der Waals surface area (Å²) in [4.78, 5) is 11.0. The summed E-state index contributed by atoms with van der Waals surface area (Å²) in [5, 5.41) is 0. The largest absolute Gasteiger partial charge is 0.369 e. The third-order valence-corrected chi connectivity index (χ3v) is 2.27. The first kappa shape index (κ1) is 12.2. The van der Waals surface area contributed by atoms with E-state index in [1.54, 1.807) is 0 Å². The van der Waals surface area contributed by atoms with Gasteiger partial charge in [-0.25, -0.2) is 0 Å². The Hall–Kier alpha value is -0.790. The minimum atomic E-state index is -0.141. The first-order valence-corrected chi connectivity index (χ1v) is 5.12. The molecule has 0 aromatic carbocycles. The van der Waals surface area contributed by atoms with E-state index in [1.807, 2.05) is 6.08 Å². The highest BCUT2D eigenvalue weighted by Gasteiger charge is 2.13. The third-order valence-electron chi connectivity index (χ3n) is 2.27. The molecule has 0 rings (SSSR count). The molecule has 0 saturated carbocycles. The van der Waals surface area contributed by atoms with E-state index in [-0.39, 0.29) is 11.8 Å². The second-order valence-electron chi connectivity index (χ2n) is 3.46. The number of carbonyl (C=O) groups excluding carboxylic acids is 1.